The molecule has 0 radical (unpaired) electrons. The van der Waals surface area contributed by atoms with Crippen molar-refractivity contribution in [1.29, 1.82) is 0 Å². The number of hydrogen-bond donors (Lipinski definition) is 0. The van der Waals surface area contributed by atoms with Crippen LogP contribution in [0.25, 0.3) is 0 Å². The van der Waals surface area contributed by atoms with Crippen molar-refractivity contribution in [1.82, 2.24) is 4.90 Å². The van der Waals surface area contributed by atoms with Crippen molar-refractivity contribution < 1.29 is 4.39 Å². The van der Waals surface area contributed by atoms with E-state index in [4.69, 9.17) is 0 Å². The van der Waals surface area contributed by atoms with Gasteiger partial charge in [0.25, 0.3) is 0 Å². The summed E-state index contributed by atoms with van der Waals surface area (Å²) in [5, 5.41) is 0. The maximum Gasteiger partial charge on any atom is 0.123 e. The van der Waals surface area contributed by atoms with Gasteiger partial charge in [0.2, 0.25) is 0 Å². The molecule has 0 fully saturated rings. The molecule has 0 aromatic heterocycles. The molecule has 0 saturated carbocycles. The average molecular weight is 347 g/mol. The second kappa shape index (κ2) is 9.30. The van der Waals surface area contributed by atoms with Crippen LogP contribution in [0.2, 0.25) is 0 Å². The third-order valence-electron chi connectivity index (χ3n) is 4.59. The Morgan fingerprint density at radius 1 is 0.731 bits per heavy atom. The summed E-state index contributed by atoms with van der Waals surface area (Å²) in [6, 6.07) is 26.2. The van der Waals surface area contributed by atoms with Crippen LogP contribution in [0.4, 0.5) is 4.39 Å². The van der Waals surface area contributed by atoms with Crippen molar-refractivity contribution in [3.05, 3.63) is 107 Å². The SMILES string of the molecule is Cc1cccc(CN(CCCc2ccccc2)Cc2ccc(F)cc2)c1. The molecule has 134 valence electrons. The van der Waals surface area contributed by atoms with Gasteiger partial charge in [-0.2, -0.15) is 0 Å². The van der Waals surface area contributed by atoms with E-state index in [2.05, 4.69) is 66.4 Å². The Bertz CT molecular complexity index is 796. The Morgan fingerprint density at radius 3 is 2.15 bits per heavy atom. The summed E-state index contributed by atoms with van der Waals surface area (Å²) in [5.74, 6) is -0.178. The minimum Gasteiger partial charge on any atom is -0.295 e. The lowest BCUT2D eigenvalue weighted by molar-refractivity contribution is 0.253. The summed E-state index contributed by atoms with van der Waals surface area (Å²) < 4.78 is 13.2. The zero-order valence-electron chi connectivity index (χ0n) is 15.4. The van der Waals surface area contributed by atoms with Crippen molar-refractivity contribution in [3.63, 3.8) is 0 Å². The second-order valence-electron chi connectivity index (χ2n) is 6.92. The Labute approximate surface area is 156 Å². The van der Waals surface area contributed by atoms with Crippen molar-refractivity contribution in [2.75, 3.05) is 6.54 Å². The molecule has 2 heteroatoms. The van der Waals surface area contributed by atoms with Gasteiger partial charge in [0.15, 0.2) is 0 Å². The molecular formula is C24H26FN. The Balaban J connectivity index is 1.64. The molecule has 0 unspecified atom stereocenters. The first kappa shape index (κ1) is 18.3. The minimum absolute atomic E-state index is 0.178. The van der Waals surface area contributed by atoms with E-state index in [1.54, 1.807) is 12.1 Å². The van der Waals surface area contributed by atoms with Gasteiger partial charge in [0.1, 0.15) is 5.82 Å². The molecule has 0 spiro atoms. The first-order chi connectivity index (χ1) is 12.7. The fraction of sp³-hybridized carbons (Fsp3) is 0.250. The third-order valence-corrected chi connectivity index (χ3v) is 4.59. The van der Waals surface area contributed by atoms with Crippen LogP contribution in [0, 0.1) is 12.7 Å². The predicted molar refractivity (Wildman–Crippen MR) is 106 cm³/mol. The van der Waals surface area contributed by atoms with Gasteiger partial charge in [-0.1, -0.05) is 72.3 Å². The highest BCUT2D eigenvalue weighted by atomic mass is 19.1. The van der Waals surface area contributed by atoms with E-state index in [9.17, 15) is 4.39 Å². The second-order valence-corrected chi connectivity index (χ2v) is 6.92. The van der Waals surface area contributed by atoms with E-state index >= 15 is 0 Å². The molecule has 0 aliphatic rings. The van der Waals surface area contributed by atoms with E-state index in [1.165, 1.54) is 16.7 Å². The highest BCUT2D eigenvalue weighted by Crippen LogP contribution is 2.14. The zero-order valence-corrected chi connectivity index (χ0v) is 15.4. The molecule has 0 aliphatic carbocycles. The third kappa shape index (κ3) is 5.82. The lowest BCUT2D eigenvalue weighted by atomic mass is 10.1. The van der Waals surface area contributed by atoms with Gasteiger partial charge in [-0.3, -0.25) is 4.90 Å². The molecule has 1 nitrogen and oxygen atoms in total. The fourth-order valence-corrected chi connectivity index (χ4v) is 3.28. The van der Waals surface area contributed by atoms with Crippen LogP contribution in [0.15, 0.2) is 78.9 Å². The number of hydrogen-bond acceptors (Lipinski definition) is 1. The van der Waals surface area contributed by atoms with Gasteiger partial charge < -0.3 is 0 Å². The Kier molecular flexibility index (Phi) is 6.56. The Morgan fingerprint density at radius 2 is 1.42 bits per heavy atom. The molecule has 0 N–H and O–H groups in total. The van der Waals surface area contributed by atoms with Gasteiger partial charge in [-0.25, -0.2) is 4.39 Å². The highest BCUT2D eigenvalue weighted by Gasteiger charge is 2.08. The fourth-order valence-electron chi connectivity index (χ4n) is 3.28. The molecule has 3 aromatic carbocycles. The van der Waals surface area contributed by atoms with Crippen molar-refractivity contribution >= 4 is 0 Å². The Hall–Kier alpha value is -2.45. The first-order valence-corrected chi connectivity index (χ1v) is 9.25. The molecule has 3 aromatic rings. The zero-order chi connectivity index (χ0) is 18.2. The number of halogens is 1. The number of rotatable bonds is 8. The normalized spacial score (nSPS) is 11.0. The van der Waals surface area contributed by atoms with Crippen molar-refractivity contribution in [3.8, 4) is 0 Å². The molecule has 3 rings (SSSR count). The van der Waals surface area contributed by atoms with Crippen LogP contribution in [0.3, 0.4) is 0 Å². The van der Waals surface area contributed by atoms with E-state index in [-0.39, 0.29) is 5.82 Å². The lowest BCUT2D eigenvalue weighted by Gasteiger charge is -2.23. The van der Waals surface area contributed by atoms with Gasteiger partial charge in [0, 0.05) is 13.1 Å². The molecule has 0 heterocycles. The largest absolute Gasteiger partial charge is 0.295 e. The summed E-state index contributed by atoms with van der Waals surface area (Å²) in [6.45, 7) is 4.89. The standard InChI is InChI=1S/C24H26FN/c1-20-7-5-10-23(17-20)19-26(18-22-12-14-24(25)15-13-22)16-6-11-21-8-3-2-4-9-21/h2-5,7-10,12-15,17H,6,11,16,18-19H2,1H3. The first-order valence-electron chi connectivity index (χ1n) is 9.25. The maximum atomic E-state index is 13.2. The van der Waals surface area contributed by atoms with Crippen LogP contribution in [0.1, 0.15) is 28.7 Å². The molecule has 0 amide bonds. The van der Waals surface area contributed by atoms with Crippen molar-refractivity contribution in [2.24, 2.45) is 0 Å². The van der Waals surface area contributed by atoms with E-state index < -0.39 is 0 Å². The molecule has 0 atom stereocenters. The highest BCUT2D eigenvalue weighted by molar-refractivity contribution is 5.23. The summed E-state index contributed by atoms with van der Waals surface area (Å²) in [7, 11) is 0. The van der Waals surface area contributed by atoms with Crippen molar-refractivity contribution in [2.45, 2.75) is 32.9 Å². The van der Waals surface area contributed by atoms with Crippen LogP contribution < -0.4 is 0 Å². The monoisotopic (exact) mass is 347 g/mol. The smallest absolute Gasteiger partial charge is 0.123 e. The minimum atomic E-state index is -0.178. The number of aryl methyl sites for hydroxylation is 2. The lowest BCUT2D eigenvalue weighted by Crippen LogP contribution is -2.24. The average Bonchev–Trinajstić information content (AvgIpc) is 2.64. The van der Waals surface area contributed by atoms with Crippen LogP contribution in [-0.2, 0) is 19.5 Å². The summed E-state index contributed by atoms with van der Waals surface area (Å²) in [4.78, 5) is 2.45. The molecule has 0 bridgehead atoms. The molecule has 0 aliphatic heterocycles. The summed E-state index contributed by atoms with van der Waals surface area (Å²) in [5.41, 5.74) is 5.14. The molecule has 26 heavy (non-hydrogen) atoms. The predicted octanol–water partition coefficient (Wildman–Crippen LogP) is 5.77. The maximum absolute atomic E-state index is 13.2. The van der Waals surface area contributed by atoms with Crippen LogP contribution in [0.5, 0.6) is 0 Å². The van der Waals surface area contributed by atoms with Gasteiger partial charge in [-0.05, 0) is 55.1 Å². The van der Waals surface area contributed by atoms with Gasteiger partial charge in [0.05, 0.1) is 0 Å². The number of nitrogens with zero attached hydrogens (tertiary/aromatic N) is 1. The quantitative estimate of drug-likeness (QED) is 0.500. The topological polar surface area (TPSA) is 3.24 Å². The summed E-state index contributed by atoms with van der Waals surface area (Å²) in [6.07, 6.45) is 2.19. The van der Waals surface area contributed by atoms with E-state index in [0.717, 1.165) is 38.0 Å². The van der Waals surface area contributed by atoms with Crippen LogP contribution >= 0.6 is 0 Å². The van der Waals surface area contributed by atoms with Crippen LogP contribution in [-0.4, -0.2) is 11.4 Å². The number of benzene rings is 3. The van der Waals surface area contributed by atoms with E-state index in [0.29, 0.717) is 0 Å². The van der Waals surface area contributed by atoms with E-state index in [1.807, 2.05) is 12.1 Å². The summed E-state index contributed by atoms with van der Waals surface area (Å²) >= 11 is 0. The molecular weight excluding hydrogens is 321 g/mol. The molecule has 0 saturated heterocycles. The van der Waals surface area contributed by atoms with Gasteiger partial charge in [-0.15, -0.1) is 0 Å². The van der Waals surface area contributed by atoms with Gasteiger partial charge >= 0.3 is 0 Å².